The van der Waals surface area contributed by atoms with Crippen molar-refractivity contribution in [2.75, 3.05) is 21.3 Å². The van der Waals surface area contributed by atoms with Crippen LogP contribution in [0.2, 0.25) is 0 Å². The lowest BCUT2D eigenvalue weighted by molar-refractivity contribution is -0.153. The minimum absolute atomic E-state index is 0.159. The highest BCUT2D eigenvalue weighted by molar-refractivity contribution is 6.10. The van der Waals surface area contributed by atoms with Crippen LogP contribution < -0.4 is 14.2 Å². The zero-order valence-electron chi connectivity index (χ0n) is 18.0. The summed E-state index contributed by atoms with van der Waals surface area (Å²) in [5.74, 6) is 0.724. The van der Waals surface area contributed by atoms with Crippen molar-refractivity contribution in [3.05, 3.63) is 42.0 Å². The highest BCUT2D eigenvalue weighted by atomic mass is 16.5. The van der Waals surface area contributed by atoms with Crippen LogP contribution in [0, 0.1) is 0 Å². The third-order valence-corrected chi connectivity index (χ3v) is 6.26. The van der Waals surface area contributed by atoms with Crippen LogP contribution in [0.4, 0.5) is 0 Å². The van der Waals surface area contributed by atoms with E-state index < -0.39 is 11.5 Å². The molecule has 0 spiro atoms. The Morgan fingerprint density at radius 1 is 1.00 bits per heavy atom. The third kappa shape index (κ3) is 3.30. The van der Waals surface area contributed by atoms with E-state index in [2.05, 4.69) is 0 Å². The first-order valence-corrected chi connectivity index (χ1v) is 10.0. The number of benzene rings is 3. The van der Waals surface area contributed by atoms with Gasteiger partial charge in [0.1, 0.15) is 11.3 Å². The fourth-order valence-corrected chi connectivity index (χ4v) is 4.34. The van der Waals surface area contributed by atoms with Gasteiger partial charge in [-0.3, -0.25) is 4.79 Å². The molecule has 7 nitrogen and oxygen atoms in total. The molecule has 0 aliphatic carbocycles. The topological polar surface area (TPSA) is 85.3 Å². The molecule has 0 saturated carbocycles. The Bertz CT molecular complexity index is 1200. The van der Waals surface area contributed by atoms with Crippen molar-refractivity contribution < 1.29 is 28.9 Å². The number of amides is 1. The van der Waals surface area contributed by atoms with Gasteiger partial charge in [-0.1, -0.05) is 6.07 Å². The Morgan fingerprint density at radius 2 is 1.68 bits per heavy atom. The van der Waals surface area contributed by atoms with Gasteiger partial charge >= 0.3 is 5.97 Å². The number of likely N-dealkylation sites (tertiary alicyclic amines) is 1. The molecule has 0 aromatic heterocycles. The number of methoxy groups -OCH3 is 3. The summed E-state index contributed by atoms with van der Waals surface area (Å²) in [5.41, 5.74) is -0.384. The van der Waals surface area contributed by atoms with Crippen LogP contribution in [-0.4, -0.2) is 48.8 Å². The summed E-state index contributed by atoms with van der Waals surface area (Å²) in [6.07, 6.45) is 0.518. The molecule has 1 aliphatic rings. The fraction of sp³-hybridized carbons (Fsp3) is 0.333. The Labute approximate surface area is 180 Å². The van der Waals surface area contributed by atoms with Gasteiger partial charge in [0.15, 0.2) is 11.5 Å². The van der Waals surface area contributed by atoms with E-state index in [1.165, 1.54) is 4.90 Å². The predicted octanol–water partition coefficient (Wildman–Crippen LogP) is 3.98. The maximum atomic E-state index is 12.6. The number of carbonyl (C=O) groups is 2. The molecule has 7 heteroatoms. The highest BCUT2D eigenvalue weighted by Gasteiger charge is 2.47. The average Bonchev–Trinajstić information content (AvgIpc) is 3.07. The van der Waals surface area contributed by atoms with E-state index in [1.807, 2.05) is 36.4 Å². The van der Waals surface area contributed by atoms with E-state index >= 15 is 0 Å². The van der Waals surface area contributed by atoms with Crippen molar-refractivity contribution in [2.24, 2.45) is 0 Å². The van der Waals surface area contributed by atoms with Crippen molar-refractivity contribution in [2.45, 2.75) is 31.8 Å². The van der Waals surface area contributed by atoms with Gasteiger partial charge in [-0.05, 0) is 70.8 Å². The van der Waals surface area contributed by atoms with Crippen molar-refractivity contribution >= 4 is 33.4 Å². The lowest BCUT2D eigenvalue weighted by Crippen LogP contribution is -2.49. The second-order valence-corrected chi connectivity index (χ2v) is 7.93. The summed E-state index contributed by atoms with van der Waals surface area (Å²) in [6.45, 7) is 1.80. The molecular formula is C24H25NO6. The number of nitrogens with zero attached hydrogens (tertiary/aromatic N) is 1. The van der Waals surface area contributed by atoms with Crippen LogP contribution in [0.5, 0.6) is 17.2 Å². The second kappa shape index (κ2) is 7.65. The molecule has 0 unspecified atom stereocenters. The standard InChI is InChI=1S/C24H25NO6/c1-24(23(27)28)8-7-22(26)25(24)13-15-9-14-5-6-16(29-2)10-17(14)19-12-21(31-4)20(30-3)11-18(15)19/h5-6,9-12H,7-8,13H2,1-4H3,(H,27,28)/t24-/m0/s1. The zero-order valence-corrected chi connectivity index (χ0v) is 18.0. The third-order valence-electron chi connectivity index (χ3n) is 6.26. The van der Waals surface area contributed by atoms with E-state index in [9.17, 15) is 14.7 Å². The number of carboxylic acids is 1. The molecule has 3 aromatic carbocycles. The monoisotopic (exact) mass is 423 g/mol. The maximum Gasteiger partial charge on any atom is 0.329 e. The molecule has 1 amide bonds. The van der Waals surface area contributed by atoms with Gasteiger partial charge in [0.05, 0.1) is 21.3 Å². The van der Waals surface area contributed by atoms with E-state index in [0.717, 1.165) is 32.9 Å². The minimum atomic E-state index is -1.23. The molecule has 1 N–H and O–H groups in total. The Kier molecular flexibility index (Phi) is 5.13. The quantitative estimate of drug-likeness (QED) is 0.604. The molecule has 162 valence electrons. The lowest BCUT2D eigenvalue weighted by atomic mass is 9.94. The van der Waals surface area contributed by atoms with E-state index in [0.29, 0.717) is 17.9 Å². The molecule has 0 radical (unpaired) electrons. The van der Waals surface area contributed by atoms with Gasteiger partial charge in [0.25, 0.3) is 0 Å². The van der Waals surface area contributed by atoms with Crippen LogP contribution in [0.1, 0.15) is 25.3 Å². The number of fused-ring (bicyclic) bond motifs is 3. The van der Waals surface area contributed by atoms with Gasteiger partial charge in [0, 0.05) is 13.0 Å². The molecule has 1 saturated heterocycles. The van der Waals surface area contributed by atoms with E-state index in [4.69, 9.17) is 14.2 Å². The van der Waals surface area contributed by atoms with Gasteiger partial charge in [-0.2, -0.15) is 0 Å². The Hall–Kier alpha value is -3.48. The minimum Gasteiger partial charge on any atom is -0.497 e. The number of carbonyl (C=O) groups excluding carboxylic acids is 1. The van der Waals surface area contributed by atoms with Crippen molar-refractivity contribution in [3.63, 3.8) is 0 Å². The Morgan fingerprint density at radius 3 is 2.29 bits per heavy atom. The average molecular weight is 423 g/mol. The number of hydrogen-bond donors (Lipinski definition) is 1. The van der Waals surface area contributed by atoms with Crippen LogP contribution in [-0.2, 0) is 16.1 Å². The van der Waals surface area contributed by atoms with Gasteiger partial charge in [-0.15, -0.1) is 0 Å². The maximum absolute atomic E-state index is 12.6. The largest absolute Gasteiger partial charge is 0.497 e. The first-order chi connectivity index (χ1) is 14.8. The van der Waals surface area contributed by atoms with E-state index in [1.54, 1.807) is 28.3 Å². The van der Waals surface area contributed by atoms with Crippen molar-refractivity contribution in [3.8, 4) is 17.2 Å². The van der Waals surface area contributed by atoms with Crippen molar-refractivity contribution in [1.29, 1.82) is 0 Å². The normalized spacial score (nSPS) is 18.6. The number of hydrogen-bond acceptors (Lipinski definition) is 5. The predicted molar refractivity (Wildman–Crippen MR) is 117 cm³/mol. The summed E-state index contributed by atoms with van der Waals surface area (Å²) in [6, 6.07) is 11.6. The molecule has 1 fully saturated rings. The number of rotatable bonds is 6. The Balaban J connectivity index is 1.97. The van der Waals surface area contributed by atoms with Crippen LogP contribution >= 0.6 is 0 Å². The van der Waals surface area contributed by atoms with Crippen LogP contribution in [0.25, 0.3) is 21.5 Å². The smallest absolute Gasteiger partial charge is 0.329 e. The number of carboxylic acid groups (broad SMARTS) is 1. The van der Waals surface area contributed by atoms with E-state index in [-0.39, 0.29) is 18.9 Å². The molecule has 31 heavy (non-hydrogen) atoms. The molecule has 4 rings (SSSR count). The molecule has 1 atom stereocenters. The fourth-order valence-electron chi connectivity index (χ4n) is 4.34. The number of aliphatic carboxylic acids is 1. The molecule has 1 aliphatic heterocycles. The summed E-state index contributed by atoms with van der Waals surface area (Å²) in [4.78, 5) is 26.0. The highest BCUT2D eigenvalue weighted by Crippen LogP contribution is 2.40. The van der Waals surface area contributed by atoms with Crippen molar-refractivity contribution in [1.82, 2.24) is 4.90 Å². The zero-order chi connectivity index (χ0) is 22.3. The van der Waals surface area contributed by atoms with Gasteiger partial charge in [-0.25, -0.2) is 4.79 Å². The van der Waals surface area contributed by atoms with Gasteiger partial charge in [0.2, 0.25) is 5.91 Å². The summed E-state index contributed by atoms with van der Waals surface area (Å²) in [7, 11) is 4.77. The number of ether oxygens (including phenoxy) is 3. The summed E-state index contributed by atoms with van der Waals surface area (Å²) in [5, 5.41) is 13.5. The molecule has 3 aromatic rings. The first-order valence-electron chi connectivity index (χ1n) is 10.0. The van der Waals surface area contributed by atoms with Gasteiger partial charge < -0.3 is 24.2 Å². The molecule has 1 heterocycles. The second-order valence-electron chi connectivity index (χ2n) is 7.93. The lowest BCUT2D eigenvalue weighted by Gasteiger charge is -2.32. The summed E-state index contributed by atoms with van der Waals surface area (Å²) < 4.78 is 16.4. The molecular weight excluding hydrogens is 398 g/mol. The van der Waals surface area contributed by atoms with Crippen LogP contribution in [0.15, 0.2) is 36.4 Å². The summed E-state index contributed by atoms with van der Waals surface area (Å²) >= 11 is 0. The first kappa shape index (κ1) is 20.8. The SMILES string of the molecule is COc1ccc2cc(CN3C(=O)CC[C@@]3(C)C(=O)O)c3cc(OC)c(OC)cc3c2c1. The van der Waals surface area contributed by atoms with Crippen LogP contribution in [0.3, 0.4) is 0 Å². The molecule has 0 bridgehead atoms.